The number of aliphatic carboxylic acids is 2. The number of rotatable bonds is 16. The third-order valence-electron chi connectivity index (χ3n) is 4.78. The number of carboxylic acid groups (broad SMARTS) is 2. The molecule has 0 aromatic rings. The van der Waals surface area contributed by atoms with E-state index in [1.807, 2.05) is 27.7 Å². The molecular weight excluding hydrogens is 362 g/mol. The van der Waals surface area contributed by atoms with Gasteiger partial charge in [-0.2, -0.15) is 0 Å². The zero-order chi connectivity index (χ0) is 22.0. The van der Waals surface area contributed by atoms with Gasteiger partial charge in [-0.15, -0.1) is 0 Å². The van der Waals surface area contributed by atoms with E-state index >= 15 is 0 Å². The molecule has 0 aliphatic carbocycles. The fourth-order valence-electron chi connectivity index (χ4n) is 2.87. The average Bonchev–Trinajstić information content (AvgIpc) is 2.50. The number of hydrogen-bond donors (Lipinski definition) is 3. The van der Waals surface area contributed by atoms with Crippen LogP contribution in [-0.2, 0) is 19.1 Å². The van der Waals surface area contributed by atoms with Gasteiger partial charge in [0.2, 0.25) is 0 Å². The topological polar surface area (TPSA) is 105 Å². The maximum atomic E-state index is 10.7. The highest BCUT2D eigenvalue weighted by molar-refractivity contribution is 5.67. The minimum atomic E-state index is -0.805. The van der Waals surface area contributed by atoms with Crippen molar-refractivity contribution < 1.29 is 29.3 Å². The van der Waals surface area contributed by atoms with Gasteiger partial charge in [-0.1, -0.05) is 0 Å². The van der Waals surface area contributed by atoms with Gasteiger partial charge in [0.05, 0.1) is 11.2 Å². The van der Waals surface area contributed by atoms with Crippen molar-refractivity contribution in [2.75, 3.05) is 13.2 Å². The number of carbonyl (C=O) groups is 2. The summed E-state index contributed by atoms with van der Waals surface area (Å²) in [6, 6.07) is 0.241. The van der Waals surface area contributed by atoms with Crippen LogP contribution in [0.4, 0.5) is 0 Å². The first-order chi connectivity index (χ1) is 12.6. The molecule has 0 saturated carbocycles. The molecule has 0 saturated heterocycles. The standard InChI is InChI=1S/C21H41NO6/c1-16(10-14-27-20(4,5)11-8-17(23)24)22-19(2,3)13-15-28-21(6,7)12-9-18(25)26/h16,22H,8-15H2,1-7H3,(H,23,24)(H,25,26). The van der Waals surface area contributed by atoms with Gasteiger partial charge in [0.25, 0.3) is 0 Å². The summed E-state index contributed by atoms with van der Waals surface area (Å²) >= 11 is 0. The molecule has 0 rings (SSSR count). The van der Waals surface area contributed by atoms with Crippen LogP contribution < -0.4 is 5.32 Å². The Labute approximate surface area is 170 Å². The highest BCUT2D eigenvalue weighted by Gasteiger charge is 2.25. The molecule has 7 heteroatoms. The van der Waals surface area contributed by atoms with E-state index in [9.17, 15) is 9.59 Å². The maximum absolute atomic E-state index is 10.7. The predicted molar refractivity (Wildman–Crippen MR) is 110 cm³/mol. The molecule has 166 valence electrons. The van der Waals surface area contributed by atoms with E-state index < -0.39 is 23.1 Å². The molecule has 0 amide bonds. The van der Waals surface area contributed by atoms with Crippen LogP contribution in [0.5, 0.6) is 0 Å². The molecule has 0 bridgehead atoms. The number of ether oxygens (including phenoxy) is 2. The van der Waals surface area contributed by atoms with Crippen molar-refractivity contribution in [2.45, 2.75) is 110 Å². The lowest BCUT2D eigenvalue weighted by molar-refractivity contribution is -0.139. The van der Waals surface area contributed by atoms with Gasteiger partial charge in [-0.25, -0.2) is 0 Å². The lowest BCUT2D eigenvalue weighted by Crippen LogP contribution is -2.46. The fourth-order valence-corrected chi connectivity index (χ4v) is 2.87. The molecule has 0 aromatic carbocycles. The van der Waals surface area contributed by atoms with Gasteiger partial charge in [0.1, 0.15) is 0 Å². The Bertz CT molecular complexity index is 487. The molecule has 0 aliphatic rings. The monoisotopic (exact) mass is 403 g/mol. The first kappa shape index (κ1) is 26.8. The maximum Gasteiger partial charge on any atom is 0.303 e. The van der Waals surface area contributed by atoms with Crippen LogP contribution in [0, 0.1) is 0 Å². The smallest absolute Gasteiger partial charge is 0.303 e. The Morgan fingerprint density at radius 3 is 1.68 bits per heavy atom. The Morgan fingerprint density at radius 2 is 1.25 bits per heavy atom. The molecule has 0 spiro atoms. The van der Waals surface area contributed by atoms with E-state index in [0.29, 0.717) is 26.1 Å². The Balaban J connectivity index is 4.17. The first-order valence-electron chi connectivity index (χ1n) is 10.1. The summed E-state index contributed by atoms with van der Waals surface area (Å²) in [6.07, 6.45) is 2.82. The summed E-state index contributed by atoms with van der Waals surface area (Å²) in [7, 11) is 0. The van der Waals surface area contributed by atoms with Crippen molar-refractivity contribution in [3.8, 4) is 0 Å². The second kappa shape index (κ2) is 11.7. The Hall–Kier alpha value is -1.18. The predicted octanol–water partition coefficient (Wildman–Crippen LogP) is 3.84. The highest BCUT2D eigenvalue weighted by atomic mass is 16.5. The third-order valence-corrected chi connectivity index (χ3v) is 4.78. The van der Waals surface area contributed by atoms with Gasteiger partial charge < -0.3 is 25.0 Å². The molecule has 0 heterocycles. The lowest BCUT2D eigenvalue weighted by atomic mass is 9.98. The summed E-state index contributed by atoms with van der Waals surface area (Å²) in [5, 5.41) is 21.2. The highest BCUT2D eigenvalue weighted by Crippen LogP contribution is 2.20. The van der Waals surface area contributed by atoms with Crippen LogP contribution in [0.3, 0.4) is 0 Å². The van der Waals surface area contributed by atoms with Gasteiger partial charge >= 0.3 is 11.9 Å². The van der Waals surface area contributed by atoms with Crippen molar-refractivity contribution in [1.29, 1.82) is 0 Å². The van der Waals surface area contributed by atoms with E-state index in [-0.39, 0.29) is 24.4 Å². The van der Waals surface area contributed by atoms with E-state index in [0.717, 1.165) is 12.8 Å². The summed E-state index contributed by atoms with van der Waals surface area (Å²) < 4.78 is 11.8. The summed E-state index contributed by atoms with van der Waals surface area (Å²) in [5.74, 6) is -1.61. The van der Waals surface area contributed by atoms with E-state index in [1.54, 1.807) is 0 Å². The fraction of sp³-hybridized carbons (Fsp3) is 0.905. The van der Waals surface area contributed by atoms with Crippen LogP contribution in [0.15, 0.2) is 0 Å². The van der Waals surface area contributed by atoms with Crippen molar-refractivity contribution in [1.82, 2.24) is 5.32 Å². The normalized spacial score (nSPS) is 14.1. The molecule has 0 radical (unpaired) electrons. The minimum Gasteiger partial charge on any atom is -0.481 e. The van der Waals surface area contributed by atoms with Crippen LogP contribution in [0.2, 0.25) is 0 Å². The molecule has 7 nitrogen and oxygen atoms in total. The van der Waals surface area contributed by atoms with E-state index in [1.165, 1.54) is 0 Å². The van der Waals surface area contributed by atoms with E-state index in [4.69, 9.17) is 19.7 Å². The largest absolute Gasteiger partial charge is 0.481 e. The average molecular weight is 404 g/mol. The molecule has 1 unspecified atom stereocenters. The second-order valence-corrected chi connectivity index (χ2v) is 9.47. The van der Waals surface area contributed by atoms with Crippen molar-refractivity contribution >= 4 is 11.9 Å². The molecule has 1 atom stereocenters. The van der Waals surface area contributed by atoms with Crippen LogP contribution >= 0.6 is 0 Å². The van der Waals surface area contributed by atoms with Crippen molar-refractivity contribution in [2.24, 2.45) is 0 Å². The SMILES string of the molecule is CC(CCOC(C)(C)CCC(=O)O)NC(C)(C)CCOC(C)(C)CCC(=O)O. The molecule has 0 aliphatic heterocycles. The third kappa shape index (κ3) is 14.8. The van der Waals surface area contributed by atoms with Gasteiger partial charge in [0.15, 0.2) is 0 Å². The minimum absolute atomic E-state index is 0.106. The second-order valence-electron chi connectivity index (χ2n) is 9.47. The van der Waals surface area contributed by atoms with Crippen molar-refractivity contribution in [3.05, 3.63) is 0 Å². The molecular formula is C21H41NO6. The quantitative estimate of drug-likeness (QED) is 0.359. The molecule has 28 heavy (non-hydrogen) atoms. The van der Waals surface area contributed by atoms with Crippen LogP contribution in [-0.4, -0.2) is 58.1 Å². The summed E-state index contributed by atoms with van der Waals surface area (Å²) in [4.78, 5) is 21.4. The summed E-state index contributed by atoms with van der Waals surface area (Å²) in [6.45, 7) is 15.1. The van der Waals surface area contributed by atoms with Gasteiger partial charge in [-0.3, -0.25) is 9.59 Å². The Morgan fingerprint density at radius 1 is 0.821 bits per heavy atom. The van der Waals surface area contributed by atoms with Crippen molar-refractivity contribution in [3.63, 3.8) is 0 Å². The Kier molecular flexibility index (Phi) is 11.2. The zero-order valence-electron chi connectivity index (χ0n) is 18.8. The van der Waals surface area contributed by atoms with Crippen LogP contribution in [0.25, 0.3) is 0 Å². The molecule has 0 aromatic heterocycles. The summed E-state index contributed by atoms with van der Waals surface area (Å²) in [5.41, 5.74) is -1.01. The number of nitrogens with one attached hydrogen (secondary N) is 1. The van der Waals surface area contributed by atoms with Gasteiger partial charge in [0, 0.05) is 37.6 Å². The molecule has 3 N–H and O–H groups in total. The van der Waals surface area contributed by atoms with Crippen LogP contribution in [0.1, 0.15) is 87.0 Å². The zero-order valence-corrected chi connectivity index (χ0v) is 18.8. The first-order valence-corrected chi connectivity index (χ1v) is 10.1. The number of hydrogen-bond acceptors (Lipinski definition) is 5. The van der Waals surface area contributed by atoms with E-state index in [2.05, 4.69) is 26.1 Å². The number of carboxylic acids is 2. The molecule has 0 fully saturated rings. The van der Waals surface area contributed by atoms with Gasteiger partial charge in [-0.05, 0) is 74.1 Å². The lowest BCUT2D eigenvalue weighted by Gasteiger charge is -2.33.